The fourth-order valence-corrected chi connectivity index (χ4v) is 7.11. The molecule has 10 rings (SSSR count). The minimum Gasteiger partial charge on any atom is -0.455 e. The van der Waals surface area contributed by atoms with Crippen molar-refractivity contribution in [2.75, 3.05) is 0 Å². The largest absolute Gasteiger partial charge is 0.455 e. The molecule has 10 aromatic rings. The molecule has 0 radical (unpaired) electrons. The molecule has 2 heterocycles. The van der Waals surface area contributed by atoms with Gasteiger partial charge in [-0.05, 0) is 68.6 Å². The van der Waals surface area contributed by atoms with E-state index in [1.54, 1.807) is 0 Å². The molecule has 0 N–H and O–H groups in total. The van der Waals surface area contributed by atoms with Gasteiger partial charge in [-0.25, -0.2) is 15.0 Å². The SMILES string of the molecule is c1ccc(-c2nc(-c3ccccc3)nc(-c3cccc4c3oc3c(-c5ccc6ccccc6c5)cc(-c5ccc6ccccc6c5)cc34)n2)cc1. The third-order valence-corrected chi connectivity index (χ3v) is 9.68. The maximum absolute atomic E-state index is 6.99. The van der Waals surface area contributed by atoms with Crippen molar-refractivity contribution in [3.63, 3.8) is 0 Å². The summed E-state index contributed by atoms with van der Waals surface area (Å²) in [5, 5.41) is 6.87. The summed E-state index contributed by atoms with van der Waals surface area (Å²) in [6, 6.07) is 61.2. The van der Waals surface area contributed by atoms with Gasteiger partial charge in [-0.15, -0.1) is 0 Å². The van der Waals surface area contributed by atoms with Crippen LogP contribution in [0.25, 0.3) is 99.9 Å². The van der Waals surface area contributed by atoms with E-state index in [9.17, 15) is 0 Å². The summed E-state index contributed by atoms with van der Waals surface area (Å²) >= 11 is 0. The van der Waals surface area contributed by atoms with E-state index in [1.165, 1.54) is 21.5 Å². The van der Waals surface area contributed by atoms with Gasteiger partial charge < -0.3 is 4.42 Å². The second-order valence-electron chi connectivity index (χ2n) is 12.8. The Bertz CT molecular complexity index is 2860. The Morgan fingerprint density at radius 2 is 0.824 bits per heavy atom. The highest BCUT2D eigenvalue weighted by Gasteiger charge is 2.21. The van der Waals surface area contributed by atoms with Gasteiger partial charge in [0.05, 0.1) is 5.56 Å². The number of rotatable bonds is 5. The van der Waals surface area contributed by atoms with Gasteiger partial charge in [0.1, 0.15) is 11.2 Å². The Hall–Kier alpha value is -6.91. The molecule has 0 unspecified atom stereocenters. The molecule has 0 aliphatic rings. The lowest BCUT2D eigenvalue weighted by atomic mass is 9.93. The number of hydrogen-bond acceptors (Lipinski definition) is 4. The van der Waals surface area contributed by atoms with Crippen LogP contribution < -0.4 is 0 Å². The van der Waals surface area contributed by atoms with E-state index in [-0.39, 0.29) is 0 Å². The standard InChI is InChI=1S/C47H29N3O/c1-3-14-32(15-4-1)45-48-46(33-16-5-2-6-17-33)50-47(49-45)40-21-11-20-39-42-29-38(36-24-22-30-12-7-9-18-34(30)26-36)28-41(44(42)51-43(39)40)37-25-23-31-13-8-10-19-35(31)27-37/h1-29H. The van der Waals surface area contributed by atoms with Crippen LogP contribution in [0.3, 0.4) is 0 Å². The quantitative estimate of drug-likeness (QED) is 0.186. The summed E-state index contributed by atoms with van der Waals surface area (Å²) in [4.78, 5) is 15.0. The maximum Gasteiger partial charge on any atom is 0.167 e. The number of para-hydroxylation sites is 1. The fraction of sp³-hybridized carbons (Fsp3) is 0. The van der Waals surface area contributed by atoms with Crippen LogP contribution in [-0.4, -0.2) is 15.0 Å². The smallest absolute Gasteiger partial charge is 0.167 e. The average Bonchev–Trinajstić information content (AvgIpc) is 3.59. The molecule has 8 aromatic carbocycles. The molecule has 4 heteroatoms. The lowest BCUT2D eigenvalue weighted by molar-refractivity contribution is 0.670. The van der Waals surface area contributed by atoms with Crippen LogP contribution in [0.4, 0.5) is 0 Å². The van der Waals surface area contributed by atoms with Gasteiger partial charge in [0.25, 0.3) is 0 Å². The molecule has 0 saturated carbocycles. The molecule has 0 aliphatic carbocycles. The monoisotopic (exact) mass is 651 g/mol. The number of furan rings is 1. The van der Waals surface area contributed by atoms with Crippen LogP contribution in [-0.2, 0) is 0 Å². The maximum atomic E-state index is 6.99. The molecule has 51 heavy (non-hydrogen) atoms. The highest BCUT2D eigenvalue weighted by molar-refractivity contribution is 6.14. The molecular formula is C47H29N3O. The van der Waals surface area contributed by atoms with E-state index in [0.29, 0.717) is 17.5 Å². The lowest BCUT2D eigenvalue weighted by Crippen LogP contribution is -2.00. The van der Waals surface area contributed by atoms with Crippen molar-refractivity contribution in [3.8, 4) is 56.4 Å². The Balaban J connectivity index is 1.24. The minimum atomic E-state index is 0.564. The van der Waals surface area contributed by atoms with E-state index >= 15 is 0 Å². The molecule has 2 aromatic heterocycles. The molecule has 0 saturated heterocycles. The number of nitrogens with zero attached hydrogens (tertiary/aromatic N) is 3. The van der Waals surface area contributed by atoms with Crippen molar-refractivity contribution in [1.82, 2.24) is 15.0 Å². The molecule has 0 spiro atoms. The Kier molecular flexibility index (Phi) is 6.78. The van der Waals surface area contributed by atoms with E-state index in [4.69, 9.17) is 19.4 Å². The molecule has 0 bridgehead atoms. The van der Waals surface area contributed by atoms with Gasteiger partial charge in [-0.2, -0.15) is 0 Å². The summed E-state index contributed by atoms with van der Waals surface area (Å²) in [6.07, 6.45) is 0. The zero-order chi connectivity index (χ0) is 33.7. The molecule has 0 aliphatic heterocycles. The van der Waals surface area contributed by atoms with Crippen molar-refractivity contribution in [2.45, 2.75) is 0 Å². The number of aromatic nitrogens is 3. The first-order valence-corrected chi connectivity index (χ1v) is 17.1. The molecule has 0 fully saturated rings. The Morgan fingerprint density at radius 1 is 0.294 bits per heavy atom. The highest BCUT2D eigenvalue weighted by atomic mass is 16.3. The molecule has 4 nitrogen and oxygen atoms in total. The zero-order valence-corrected chi connectivity index (χ0v) is 27.5. The second-order valence-corrected chi connectivity index (χ2v) is 12.8. The third-order valence-electron chi connectivity index (χ3n) is 9.68. The zero-order valence-electron chi connectivity index (χ0n) is 27.5. The second kappa shape index (κ2) is 11.9. The number of fused-ring (bicyclic) bond motifs is 5. The summed E-state index contributed by atoms with van der Waals surface area (Å²) in [6.45, 7) is 0. The number of hydrogen-bond donors (Lipinski definition) is 0. The first kappa shape index (κ1) is 29.0. The van der Waals surface area contributed by atoms with Crippen molar-refractivity contribution < 1.29 is 4.42 Å². The Labute approximate surface area is 294 Å². The van der Waals surface area contributed by atoms with Crippen LogP contribution in [0.2, 0.25) is 0 Å². The van der Waals surface area contributed by atoms with Gasteiger partial charge in [0, 0.05) is 27.5 Å². The minimum absolute atomic E-state index is 0.564. The van der Waals surface area contributed by atoms with Gasteiger partial charge in [0.2, 0.25) is 0 Å². The van der Waals surface area contributed by atoms with Crippen LogP contribution in [0.5, 0.6) is 0 Å². The van der Waals surface area contributed by atoms with E-state index < -0.39 is 0 Å². The highest BCUT2D eigenvalue weighted by Crippen LogP contribution is 2.43. The summed E-state index contributed by atoms with van der Waals surface area (Å²) in [7, 11) is 0. The first-order chi connectivity index (χ1) is 25.2. The number of benzene rings is 8. The van der Waals surface area contributed by atoms with Gasteiger partial charge >= 0.3 is 0 Å². The van der Waals surface area contributed by atoms with Crippen LogP contribution in [0, 0.1) is 0 Å². The third kappa shape index (κ3) is 5.13. The lowest BCUT2D eigenvalue weighted by Gasteiger charge is -2.10. The van der Waals surface area contributed by atoms with Crippen LogP contribution in [0.15, 0.2) is 180 Å². The van der Waals surface area contributed by atoms with Gasteiger partial charge in [0.15, 0.2) is 17.5 Å². The summed E-state index contributed by atoms with van der Waals surface area (Å²) in [5.74, 6) is 1.79. The molecule has 238 valence electrons. The van der Waals surface area contributed by atoms with Crippen molar-refractivity contribution >= 4 is 43.5 Å². The summed E-state index contributed by atoms with van der Waals surface area (Å²) < 4.78 is 6.99. The molecule has 0 atom stereocenters. The predicted octanol–water partition coefficient (Wildman–Crippen LogP) is 12.4. The molecule has 0 amide bonds. The van der Waals surface area contributed by atoms with E-state index in [0.717, 1.165) is 60.9 Å². The van der Waals surface area contributed by atoms with Crippen molar-refractivity contribution in [1.29, 1.82) is 0 Å². The predicted molar refractivity (Wildman–Crippen MR) is 209 cm³/mol. The first-order valence-electron chi connectivity index (χ1n) is 17.1. The van der Waals surface area contributed by atoms with Gasteiger partial charge in [-0.3, -0.25) is 0 Å². The van der Waals surface area contributed by atoms with Gasteiger partial charge in [-0.1, -0.05) is 146 Å². The van der Waals surface area contributed by atoms with E-state index in [1.807, 2.05) is 66.7 Å². The Morgan fingerprint density at radius 3 is 1.47 bits per heavy atom. The van der Waals surface area contributed by atoms with Crippen LogP contribution in [0.1, 0.15) is 0 Å². The normalized spacial score (nSPS) is 11.5. The average molecular weight is 652 g/mol. The fourth-order valence-electron chi connectivity index (χ4n) is 7.11. The summed E-state index contributed by atoms with van der Waals surface area (Å²) in [5.41, 5.74) is 8.66. The van der Waals surface area contributed by atoms with Crippen molar-refractivity contribution in [2.24, 2.45) is 0 Å². The molecular weight excluding hydrogens is 623 g/mol. The topological polar surface area (TPSA) is 51.8 Å². The van der Waals surface area contributed by atoms with Crippen LogP contribution >= 0.6 is 0 Å². The van der Waals surface area contributed by atoms with Crippen molar-refractivity contribution in [3.05, 3.63) is 176 Å². The van der Waals surface area contributed by atoms with E-state index in [2.05, 4.69) is 109 Å².